The third kappa shape index (κ3) is 1.66. The van der Waals surface area contributed by atoms with Crippen molar-refractivity contribution in [3.63, 3.8) is 0 Å². The molecule has 1 saturated carbocycles. The second kappa shape index (κ2) is 4.08. The molecular formula is C19H24O. The Kier molecular flexibility index (Phi) is 2.78. The Bertz CT molecular complexity index is 653. The van der Waals surface area contributed by atoms with Gasteiger partial charge >= 0.3 is 0 Å². The molecule has 1 fully saturated rings. The van der Waals surface area contributed by atoms with Crippen molar-refractivity contribution in [2.24, 2.45) is 16.7 Å². The van der Waals surface area contributed by atoms with Gasteiger partial charge in [-0.3, -0.25) is 0 Å². The molecule has 0 bridgehead atoms. The van der Waals surface area contributed by atoms with Gasteiger partial charge in [0.15, 0.2) is 0 Å². The molecule has 106 valence electrons. The molecule has 0 saturated heterocycles. The van der Waals surface area contributed by atoms with E-state index in [1.807, 2.05) is 0 Å². The summed E-state index contributed by atoms with van der Waals surface area (Å²) in [4.78, 5) is 0. The van der Waals surface area contributed by atoms with Gasteiger partial charge in [0, 0.05) is 5.92 Å². The van der Waals surface area contributed by atoms with Crippen LogP contribution in [0.4, 0.5) is 0 Å². The Balaban J connectivity index is 2.11. The lowest BCUT2D eigenvalue weighted by Gasteiger charge is -2.17. The molecule has 1 aliphatic carbocycles. The number of aliphatic hydroxyl groups excluding tert-OH is 1. The lowest BCUT2D eigenvalue weighted by atomic mass is 9.92. The smallest absolute Gasteiger partial charge is 0.0834 e. The Morgan fingerprint density at radius 1 is 0.900 bits per heavy atom. The summed E-state index contributed by atoms with van der Waals surface area (Å²) in [6.45, 7) is 11.2. The normalized spacial score (nSPS) is 21.9. The third-order valence-corrected chi connectivity index (χ3v) is 5.94. The monoisotopic (exact) mass is 268 g/mol. The fourth-order valence-corrected chi connectivity index (χ4v) is 3.95. The molecular weight excluding hydrogens is 244 g/mol. The highest BCUT2D eigenvalue weighted by Gasteiger charge is 2.67. The number of rotatable bonds is 2. The molecule has 3 rings (SSSR count). The van der Waals surface area contributed by atoms with E-state index in [1.54, 1.807) is 0 Å². The summed E-state index contributed by atoms with van der Waals surface area (Å²) in [5.74, 6) is 0.320. The predicted octanol–water partition coefficient (Wildman–Crippen LogP) is 4.86. The lowest BCUT2D eigenvalue weighted by Crippen LogP contribution is -2.06. The van der Waals surface area contributed by atoms with Crippen LogP contribution >= 0.6 is 0 Å². The van der Waals surface area contributed by atoms with Crippen molar-refractivity contribution in [1.82, 2.24) is 0 Å². The van der Waals surface area contributed by atoms with Crippen molar-refractivity contribution in [2.75, 3.05) is 0 Å². The van der Waals surface area contributed by atoms with Crippen LogP contribution in [0, 0.1) is 23.7 Å². The number of hydrogen-bond donors (Lipinski definition) is 1. The van der Waals surface area contributed by atoms with Gasteiger partial charge in [-0.2, -0.15) is 0 Å². The highest BCUT2D eigenvalue weighted by molar-refractivity contribution is 5.88. The minimum atomic E-state index is -0.384. The van der Waals surface area contributed by atoms with Crippen LogP contribution in [0.1, 0.15) is 44.9 Å². The van der Waals surface area contributed by atoms with Gasteiger partial charge in [0.05, 0.1) is 6.10 Å². The number of aliphatic hydroxyl groups is 1. The van der Waals surface area contributed by atoms with E-state index in [-0.39, 0.29) is 16.9 Å². The first-order chi connectivity index (χ1) is 9.28. The van der Waals surface area contributed by atoms with E-state index in [0.29, 0.717) is 5.92 Å². The second-order valence-corrected chi connectivity index (χ2v) is 7.38. The molecule has 1 aliphatic rings. The van der Waals surface area contributed by atoms with E-state index in [4.69, 9.17) is 0 Å². The van der Waals surface area contributed by atoms with Crippen molar-refractivity contribution in [3.05, 3.63) is 47.5 Å². The van der Waals surface area contributed by atoms with Crippen LogP contribution in [0.25, 0.3) is 10.8 Å². The molecule has 0 aliphatic heterocycles. The van der Waals surface area contributed by atoms with Gasteiger partial charge in [-0.25, -0.2) is 0 Å². The molecule has 0 heterocycles. The van der Waals surface area contributed by atoms with Gasteiger partial charge in [0.1, 0.15) is 0 Å². The average molecular weight is 268 g/mol. The fraction of sp³-hybridized carbons (Fsp3) is 0.474. The summed E-state index contributed by atoms with van der Waals surface area (Å²) in [6.07, 6.45) is -0.384. The molecule has 20 heavy (non-hydrogen) atoms. The minimum absolute atomic E-state index is 0.193. The van der Waals surface area contributed by atoms with E-state index >= 15 is 0 Å². The van der Waals surface area contributed by atoms with Gasteiger partial charge in [0.2, 0.25) is 0 Å². The van der Waals surface area contributed by atoms with Gasteiger partial charge in [-0.1, -0.05) is 64.1 Å². The Morgan fingerprint density at radius 2 is 1.45 bits per heavy atom. The summed E-state index contributed by atoms with van der Waals surface area (Å²) in [5.41, 5.74) is 2.73. The zero-order valence-electron chi connectivity index (χ0n) is 13.1. The van der Waals surface area contributed by atoms with Crippen molar-refractivity contribution in [1.29, 1.82) is 0 Å². The van der Waals surface area contributed by atoms with Crippen LogP contribution in [0.3, 0.4) is 0 Å². The summed E-state index contributed by atoms with van der Waals surface area (Å²) >= 11 is 0. The molecule has 0 radical (unpaired) electrons. The number of hydrogen-bond acceptors (Lipinski definition) is 1. The van der Waals surface area contributed by atoms with E-state index in [1.165, 1.54) is 16.3 Å². The summed E-state index contributed by atoms with van der Waals surface area (Å²) in [6, 6.07) is 12.6. The Morgan fingerprint density at radius 3 is 2.00 bits per heavy atom. The van der Waals surface area contributed by atoms with E-state index in [0.717, 1.165) is 5.56 Å². The van der Waals surface area contributed by atoms with Crippen molar-refractivity contribution in [2.45, 2.75) is 40.7 Å². The predicted molar refractivity (Wildman–Crippen MR) is 84.7 cm³/mol. The second-order valence-electron chi connectivity index (χ2n) is 7.38. The summed E-state index contributed by atoms with van der Waals surface area (Å²) < 4.78 is 0. The van der Waals surface area contributed by atoms with Gasteiger partial charge in [-0.05, 0) is 39.7 Å². The first kappa shape index (κ1) is 13.6. The quantitative estimate of drug-likeness (QED) is 0.824. The van der Waals surface area contributed by atoms with Gasteiger partial charge in [-0.15, -0.1) is 0 Å². The zero-order chi connectivity index (χ0) is 14.7. The van der Waals surface area contributed by atoms with Crippen molar-refractivity contribution in [3.8, 4) is 0 Å². The standard InChI is InChI=1S/C19H24O/c1-12-10-11-15(14-9-7-6-8-13(12)14)16(20)17-18(2,3)19(17,4)5/h6-11,16-17,20H,1-5H3. The van der Waals surface area contributed by atoms with Crippen LogP contribution in [0.5, 0.6) is 0 Å². The highest BCUT2D eigenvalue weighted by atomic mass is 16.3. The Hall–Kier alpha value is -1.34. The van der Waals surface area contributed by atoms with Crippen molar-refractivity contribution >= 4 is 10.8 Å². The van der Waals surface area contributed by atoms with Crippen LogP contribution in [0.15, 0.2) is 36.4 Å². The van der Waals surface area contributed by atoms with Crippen molar-refractivity contribution < 1.29 is 5.11 Å². The van der Waals surface area contributed by atoms with Crippen LogP contribution in [-0.4, -0.2) is 5.11 Å². The topological polar surface area (TPSA) is 20.2 Å². The molecule has 1 atom stereocenters. The maximum Gasteiger partial charge on any atom is 0.0834 e. The van der Waals surface area contributed by atoms with E-state index in [2.05, 4.69) is 71.0 Å². The highest BCUT2D eigenvalue weighted by Crippen LogP contribution is 2.72. The van der Waals surface area contributed by atoms with Gasteiger partial charge in [0.25, 0.3) is 0 Å². The maximum absolute atomic E-state index is 10.9. The first-order valence-corrected chi connectivity index (χ1v) is 7.45. The summed E-state index contributed by atoms with van der Waals surface area (Å²) in [5, 5.41) is 13.4. The number of aryl methyl sites for hydroxylation is 1. The van der Waals surface area contributed by atoms with Gasteiger partial charge < -0.3 is 5.11 Å². The minimum Gasteiger partial charge on any atom is -0.388 e. The maximum atomic E-state index is 10.9. The molecule has 1 unspecified atom stereocenters. The molecule has 2 aromatic rings. The number of benzene rings is 2. The molecule has 0 aromatic heterocycles. The molecule has 0 spiro atoms. The molecule has 1 N–H and O–H groups in total. The lowest BCUT2D eigenvalue weighted by molar-refractivity contribution is 0.132. The van der Waals surface area contributed by atoms with Crippen LogP contribution < -0.4 is 0 Å². The number of fused-ring (bicyclic) bond motifs is 1. The molecule has 0 amide bonds. The molecule has 1 heteroatoms. The van der Waals surface area contributed by atoms with E-state index < -0.39 is 0 Å². The SMILES string of the molecule is Cc1ccc(C(O)C2C(C)(C)C2(C)C)c2ccccc12. The van der Waals surface area contributed by atoms with E-state index in [9.17, 15) is 5.11 Å². The largest absolute Gasteiger partial charge is 0.388 e. The fourth-order valence-electron chi connectivity index (χ4n) is 3.95. The van der Waals surface area contributed by atoms with Crippen LogP contribution in [0.2, 0.25) is 0 Å². The summed E-state index contributed by atoms with van der Waals surface area (Å²) in [7, 11) is 0. The average Bonchev–Trinajstić information content (AvgIpc) is 2.80. The third-order valence-electron chi connectivity index (χ3n) is 5.94. The molecule has 1 nitrogen and oxygen atoms in total. The Labute approximate surface area is 121 Å². The molecule has 2 aromatic carbocycles. The first-order valence-electron chi connectivity index (χ1n) is 7.45. The zero-order valence-corrected chi connectivity index (χ0v) is 13.1. The van der Waals surface area contributed by atoms with Crippen LogP contribution in [-0.2, 0) is 0 Å².